The number of carbonyl (C=O) groups excluding carboxylic acids is 1. The fourth-order valence-corrected chi connectivity index (χ4v) is 2.05. The molecule has 0 amide bonds. The smallest absolute Gasteiger partial charge is 0.216 e. The zero-order valence-corrected chi connectivity index (χ0v) is 8.81. The largest absolute Gasteiger partial charge is 0.382 e. The van der Waals surface area contributed by atoms with E-state index in [2.05, 4.69) is 10.3 Å². The predicted molar refractivity (Wildman–Crippen MR) is 53.4 cm³/mol. The van der Waals surface area contributed by atoms with Crippen molar-refractivity contribution in [3.05, 3.63) is 11.9 Å². The third-order valence-corrected chi connectivity index (χ3v) is 2.94. The van der Waals surface area contributed by atoms with Crippen molar-refractivity contribution < 1.29 is 9.90 Å². The molecular weight excluding hydrogens is 194 g/mol. The summed E-state index contributed by atoms with van der Waals surface area (Å²) in [5.41, 5.74) is -0.934. The van der Waals surface area contributed by atoms with Crippen LogP contribution < -0.4 is 0 Å². The van der Waals surface area contributed by atoms with Crippen molar-refractivity contribution in [3.63, 3.8) is 0 Å². The van der Waals surface area contributed by atoms with Crippen LogP contribution in [0.15, 0.2) is 6.20 Å². The third kappa shape index (κ3) is 1.92. The lowest BCUT2D eigenvalue weighted by atomic mass is 9.81. The summed E-state index contributed by atoms with van der Waals surface area (Å²) < 4.78 is 1.47. The molecular formula is C10H15N3O2. The van der Waals surface area contributed by atoms with Crippen LogP contribution in [0.3, 0.4) is 0 Å². The van der Waals surface area contributed by atoms with E-state index in [1.54, 1.807) is 13.2 Å². The second-order valence-electron chi connectivity index (χ2n) is 4.20. The maximum Gasteiger partial charge on any atom is 0.216 e. The molecule has 1 aliphatic rings. The van der Waals surface area contributed by atoms with Crippen molar-refractivity contribution in [2.75, 3.05) is 0 Å². The molecule has 5 nitrogen and oxygen atoms in total. The van der Waals surface area contributed by atoms with Gasteiger partial charge in [-0.1, -0.05) is 24.5 Å². The Morgan fingerprint density at radius 3 is 2.67 bits per heavy atom. The monoisotopic (exact) mass is 209 g/mol. The highest BCUT2D eigenvalue weighted by Crippen LogP contribution is 2.30. The number of ketones is 1. The Kier molecular flexibility index (Phi) is 2.56. The molecule has 0 atom stereocenters. The van der Waals surface area contributed by atoms with Gasteiger partial charge in [-0.05, 0) is 12.8 Å². The van der Waals surface area contributed by atoms with Gasteiger partial charge in [-0.15, -0.1) is 5.10 Å². The number of aryl methyl sites for hydroxylation is 1. The number of hydrogen-bond acceptors (Lipinski definition) is 4. The normalized spacial score (nSPS) is 20.1. The first-order chi connectivity index (χ1) is 7.12. The number of carbonyl (C=O) groups is 1. The van der Waals surface area contributed by atoms with Gasteiger partial charge in [-0.3, -0.25) is 9.48 Å². The van der Waals surface area contributed by atoms with Crippen molar-refractivity contribution >= 4 is 5.78 Å². The predicted octanol–water partition coefficient (Wildman–Crippen LogP) is 0.693. The number of aliphatic hydroxyl groups is 1. The number of Topliss-reactive ketones (excluding diaryl/α,β-unsaturated/α-hetero) is 1. The van der Waals surface area contributed by atoms with Gasteiger partial charge in [0.1, 0.15) is 5.60 Å². The minimum atomic E-state index is -1.20. The molecule has 0 bridgehead atoms. The zero-order valence-electron chi connectivity index (χ0n) is 8.81. The van der Waals surface area contributed by atoms with E-state index in [1.807, 2.05) is 0 Å². The van der Waals surface area contributed by atoms with Gasteiger partial charge >= 0.3 is 0 Å². The van der Waals surface area contributed by atoms with Gasteiger partial charge in [0.15, 0.2) is 5.69 Å². The molecule has 1 aromatic rings. The summed E-state index contributed by atoms with van der Waals surface area (Å²) in [6.45, 7) is 0. The van der Waals surface area contributed by atoms with Crippen LogP contribution in [0.4, 0.5) is 0 Å². The van der Waals surface area contributed by atoms with Crippen molar-refractivity contribution in [2.24, 2.45) is 7.05 Å². The Labute approximate surface area is 88.1 Å². The molecule has 0 spiro atoms. The minimum absolute atomic E-state index is 0.266. The lowest BCUT2D eigenvalue weighted by Gasteiger charge is -2.29. The van der Waals surface area contributed by atoms with Crippen LogP contribution in [0.1, 0.15) is 42.6 Å². The van der Waals surface area contributed by atoms with Crippen LogP contribution >= 0.6 is 0 Å². The fourth-order valence-electron chi connectivity index (χ4n) is 2.05. The van der Waals surface area contributed by atoms with Crippen LogP contribution in [-0.2, 0) is 7.05 Å². The van der Waals surface area contributed by atoms with Gasteiger partial charge in [0, 0.05) is 7.05 Å². The van der Waals surface area contributed by atoms with Gasteiger partial charge in [0.05, 0.1) is 6.20 Å². The summed E-state index contributed by atoms with van der Waals surface area (Å²) in [6.07, 6.45) is 5.54. The molecule has 0 radical (unpaired) electrons. The van der Waals surface area contributed by atoms with Gasteiger partial charge in [-0.2, -0.15) is 0 Å². The summed E-state index contributed by atoms with van der Waals surface area (Å²) in [5.74, 6) is -0.282. The number of aromatic nitrogens is 3. The van der Waals surface area contributed by atoms with Gasteiger partial charge < -0.3 is 5.11 Å². The summed E-state index contributed by atoms with van der Waals surface area (Å²) in [5, 5.41) is 17.6. The summed E-state index contributed by atoms with van der Waals surface area (Å²) in [4.78, 5) is 12.0. The molecule has 1 N–H and O–H groups in total. The Balaban J connectivity index is 2.19. The van der Waals surface area contributed by atoms with E-state index < -0.39 is 5.60 Å². The van der Waals surface area contributed by atoms with Crippen molar-refractivity contribution in [1.82, 2.24) is 15.0 Å². The molecule has 1 fully saturated rings. The Hall–Kier alpha value is -1.23. The maximum absolute atomic E-state index is 12.0. The Bertz CT molecular complexity index is 366. The van der Waals surface area contributed by atoms with Gasteiger partial charge in [0.2, 0.25) is 5.78 Å². The van der Waals surface area contributed by atoms with E-state index in [1.165, 1.54) is 4.68 Å². The first-order valence-electron chi connectivity index (χ1n) is 5.25. The molecule has 0 aromatic carbocycles. The van der Waals surface area contributed by atoms with Crippen LogP contribution in [0, 0.1) is 0 Å². The Morgan fingerprint density at radius 1 is 1.47 bits per heavy atom. The molecule has 1 saturated carbocycles. The molecule has 1 aliphatic carbocycles. The second-order valence-corrected chi connectivity index (χ2v) is 4.20. The molecule has 1 aromatic heterocycles. The van der Waals surface area contributed by atoms with Crippen molar-refractivity contribution in [3.8, 4) is 0 Å². The van der Waals surface area contributed by atoms with Gasteiger partial charge in [0.25, 0.3) is 0 Å². The third-order valence-electron chi connectivity index (χ3n) is 2.94. The lowest BCUT2D eigenvalue weighted by molar-refractivity contribution is 0.0111. The fraction of sp³-hybridized carbons (Fsp3) is 0.700. The van der Waals surface area contributed by atoms with E-state index in [0.717, 1.165) is 19.3 Å². The molecule has 0 saturated heterocycles. The molecule has 0 unspecified atom stereocenters. The maximum atomic E-state index is 12.0. The summed E-state index contributed by atoms with van der Waals surface area (Å²) in [7, 11) is 1.70. The quantitative estimate of drug-likeness (QED) is 0.728. The van der Waals surface area contributed by atoms with E-state index >= 15 is 0 Å². The number of rotatable bonds is 2. The first kappa shape index (κ1) is 10.3. The number of nitrogens with zero attached hydrogens (tertiary/aromatic N) is 3. The molecule has 82 valence electrons. The summed E-state index contributed by atoms with van der Waals surface area (Å²) in [6, 6.07) is 0. The van der Waals surface area contributed by atoms with Crippen LogP contribution in [0.5, 0.6) is 0 Å². The van der Waals surface area contributed by atoms with E-state index in [4.69, 9.17) is 0 Å². The van der Waals surface area contributed by atoms with Gasteiger partial charge in [-0.25, -0.2) is 0 Å². The summed E-state index contributed by atoms with van der Waals surface area (Å²) >= 11 is 0. The van der Waals surface area contributed by atoms with E-state index in [9.17, 15) is 9.90 Å². The highest BCUT2D eigenvalue weighted by atomic mass is 16.3. The van der Waals surface area contributed by atoms with E-state index in [-0.39, 0.29) is 11.5 Å². The zero-order chi connectivity index (χ0) is 10.9. The molecule has 0 aliphatic heterocycles. The highest BCUT2D eigenvalue weighted by Gasteiger charge is 2.38. The molecule has 1 heterocycles. The van der Waals surface area contributed by atoms with Crippen LogP contribution in [0.2, 0.25) is 0 Å². The van der Waals surface area contributed by atoms with Crippen molar-refractivity contribution in [2.45, 2.75) is 37.7 Å². The minimum Gasteiger partial charge on any atom is -0.382 e. The topological polar surface area (TPSA) is 68.0 Å². The molecule has 2 rings (SSSR count). The first-order valence-corrected chi connectivity index (χ1v) is 5.25. The highest BCUT2D eigenvalue weighted by molar-refractivity contribution is 6.00. The molecule has 15 heavy (non-hydrogen) atoms. The lowest BCUT2D eigenvalue weighted by Crippen LogP contribution is -2.40. The average Bonchev–Trinajstić information content (AvgIpc) is 2.65. The number of hydrogen-bond donors (Lipinski definition) is 1. The second kappa shape index (κ2) is 3.73. The molecule has 5 heteroatoms. The van der Waals surface area contributed by atoms with E-state index in [0.29, 0.717) is 12.8 Å². The average molecular weight is 209 g/mol. The SMILES string of the molecule is Cn1cc(C(=O)C2(O)CCCCC2)nn1. The van der Waals surface area contributed by atoms with Crippen molar-refractivity contribution in [1.29, 1.82) is 0 Å². The van der Waals surface area contributed by atoms with Crippen LogP contribution in [-0.4, -0.2) is 31.5 Å². The standard InChI is InChI=1S/C10H15N3O2/c1-13-7-8(11-12-13)9(14)10(15)5-3-2-4-6-10/h7,15H,2-6H2,1H3. The van der Waals surface area contributed by atoms with Crippen LogP contribution in [0.25, 0.3) is 0 Å². The Morgan fingerprint density at radius 2 is 2.13 bits per heavy atom.